The van der Waals surface area contributed by atoms with Crippen molar-refractivity contribution in [3.8, 4) is 0 Å². The normalized spacial score (nSPS) is 18.0. The van der Waals surface area contributed by atoms with Crippen molar-refractivity contribution in [3.63, 3.8) is 0 Å². The number of benzene rings is 2. The number of fused-ring (bicyclic) bond motifs is 1. The van der Waals surface area contributed by atoms with Crippen LogP contribution in [-0.2, 0) is 28.1 Å². The number of nitrogens with one attached hydrogen (secondary N) is 1. The number of aromatic nitrogens is 2. The van der Waals surface area contributed by atoms with E-state index in [9.17, 15) is 4.79 Å². The summed E-state index contributed by atoms with van der Waals surface area (Å²) in [6.45, 7) is 3.13. The van der Waals surface area contributed by atoms with Crippen LogP contribution in [0.4, 0.5) is 11.6 Å². The van der Waals surface area contributed by atoms with Gasteiger partial charge < -0.3 is 15.0 Å². The lowest BCUT2D eigenvalue weighted by Gasteiger charge is -2.36. The van der Waals surface area contributed by atoms with Crippen molar-refractivity contribution in [2.24, 2.45) is 0 Å². The summed E-state index contributed by atoms with van der Waals surface area (Å²) in [5.41, 5.74) is 2.68. The summed E-state index contributed by atoms with van der Waals surface area (Å²) in [5, 5.41) is 3.21. The molecule has 29 heavy (non-hydrogen) atoms. The van der Waals surface area contributed by atoms with E-state index in [-0.39, 0.29) is 5.91 Å². The molecular weight excluding hydrogens is 364 g/mol. The number of carbonyl (C=O) groups excluding carboxylic acids is 1. The van der Waals surface area contributed by atoms with Gasteiger partial charge in [0.25, 0.3) is 0 Å². The molecule has 6 heteroatoms. The molecule has 1 N–H and O–H groups in total. The largest absolute Gasteiger partial charge is 0.375 e. The van der Waals surface area contributed by atoms with E-state index in [0.29, 0.717) is 25.7 Å². The third-order valence-corrected chi connectivity index (χ3v) is 5.15. The van der Waals surface area contributed by atoms with E-state index >= 15 is 0 Å². The van der Waals surface area contributed by atoms with Crippen LogP contribution in [0, 0.1) is 0 Å². The van der Waals surface area contributed by atoms with Gasteiger partial charge in [0.1, 0.15) is 5.41 Å². The lowest BCUT2D eigenvalue weighted by atomic mass is 9.82. The Balaban J connectivity index is 1.61. The zero-order chi connectivity index (χ0) is 20.3. The first-order valence-electron chi connectivity index (χ1n) is 9.62. The number of rotatable bonds is 5. The lowest BCUT2D eigenvalue weighted by molar-refractivity contribution is -0.140. The van der Waals surface area contributed by atoms with Crippen LogP contribution in [0.1, 0.15) is 23.7 Å². The summed E-state index contributed by atoms with van der Waals surface area (Å²) in [4.78, 5) is 24.3. The number of likely N-dealkylation sites (N-methyl/N-ethyl adjacent to an activating group) is 1. The number of anilines is 2. The van der Waals surface area contributed by atoms with Crippen molar-refractivity contribution in [2.75, 3.05) is 19.0 Å². The van der Waals surface area contributed by atoms with Gasteiger partial charge in [-0.3, -0.25) is 4.79 Å². The highest BCUT2D eigenvalue weighted by Gasteiger charge is 2.43. The van der Waals surface area contributed by atoms with Gasteiger partial charge in [-0.15, -0.1) is 0 Å². The average molecular weight is 388 g/mol. The fraction of sp³-hybridized carbons (Fsp3) is 0.261. The highest BCUT2D eigenvalue weighted by atomic mass is 16.5. The van der Waals surface area contributed by atoms with Crippen LogP contribution in [0.2, 0.25) is 0 Å². The molecule has 0 saturated heterocycles. The van der Waals surface area contributed by atoms with Crippen LogP contribution in [0.15, 0.2) is 66.9 Å². The first-order chi connectivity index (χ1) is 14.1. The molecule has 0 aliphatic carbocycles. The van der Waals surface area contributed by atoms with Gasteiger partial charge in [0.15, 0.2) is 0 Å². The number of para-hydroxylation sites is 1. The Morgan fingerprint density at radius 2 is 1.83 bits per heavy atom. The van der Waals surface area contributed by atoms with Gasteiger partial charge in [0.2, 0.25) is 11.9 Å². The van der Waals surface area contributed by atoms with E-state index in [0.717, 1.165) is 22.5 Å². The first-order valence-corrected chi connectivity index (χ1v) is 9.62. The number of carbonyl (C=O) groups is 1. The van der Waals surface area contributed by atoms with Crippen molar-refractivity contribution in [1.82, 2.24) is 14.9 Å². The number of hydrogen-bond donors (Lipinski definition) is 1. The van der Waals surface area contributed by atoms with E-state index in [1.54, 1.807) is 11.1 Å². The Kier molecular flexibility index (Phi) is 5.27. The molecule has 0 fully saturated rings. The van der Waals surface area contributed by atoms with Crippen LogP contribution in [-0.4, -0.2) is 34.4 Å². The molecule has 6 nitrogen and oxygen atoms in total. The smallest absolute Gasteiger partial charge is 0.236 e. The third-order valence-electron chi connectivity index (χ3n) is 5.15. The number of ether oxygens (including phenoxy) is 1. The number of hydrogen-bond acceptors (Lipinski definition) is 5. The molecule has 4 rings (SSSR count). The zero-order valence-corrected chi connectivity index (χ0v) is 16.6. The molecule has 2 aromatic carbocycles. The SMILES string of the molecule is CN(Cc1ccccc1)C(=O)C1(C)COCc2cnc(Nc3ccccc3)nc21. The topological polar surface area (TPSA) is 67.4 Å². The molecular formula is C23H24N4O2. The van der Waals surface area contributed by atoms with Gasteiger partial charge in [-0.1, -0.05) is 48.5 Å². The Labute approximate surface area is 170 Å². The fourth-order valence-corrected chi connectivity index (χ4v) is 3.65. The Bertz CT molecular complexity index is 994. The predicted molar refractivity (Wildman–Crippen MR) is 112 cm³/mol. The van der Waals surface area contributed by atoms with Gasteiger partial charge in [-0.25, -0.2) is 9.97 Å². The molecule has 1 amide bonds. The van der Waals surface area contributed by atoms with E-state index in [1.165, 1.54) is 0 Å². The summed E-state index contributed by atoms with van der Waals surface area (Å²) in [5.74, 6) is 0.452. The van der Waals surface area contributed by atoms with Crippen LogP contribution >= 0.6 is 0 Å². The quantitative estimate of drug-likeness (QED) is 0.722. The summed E-state index contributed by atoms with van der Waals surface area (Å²) < 4.78 is 5.74. The van der Waals surface area contributed by atoms with Crippen molar-refractivity contribution in [1.29, 1.82) is 0 Å². The molecule has 148 valence electrons. The maximum atomic E-state index is 13.4. The van der Waals surface area contributed by atoms with Crippen molar-refractivity contribution < 1.29 is 9.53 Å². The molecule has 3 aromatic rings. The second-order valence-electron chi connectivity index (χ2n) is 7.53. The maximum Gasteiger partial charge on any atom is 0.236 e. The van der Waals surface area contributed by atoms with Crippen LogP contribution in [0.25, 0.3) is 0 Å². The third kappa shape index (κ3) is 3.98. The first kappa shape index (κ1) is 19.1. The summed E-state index contributed by atoms with van der Waals surface area (Å²) in [6.07, 6.45) is 1.75. The van der Waals surface area contributed by atoms with Gasteiger partial charge in [0, 0.05) is 31.0 Å². The molecule has 0 radical (unpaired) electrons. The molecule has 0 spiro atoms. The van der Waals surface area contributed by atoms with Gasteiger partial charge >= 0.3 is 0 Å². The van der Waals surface area contributed by atoms with Crippen LogP contribution < -0.4 is 5.32 Å². The Morgan fingerprint density at radius 3 is 2.55 bits per heavy atom. The Morgan fingerprint density at radius 1 is 1.14 bits per heavy atom. The summed E-state index contributed by atoms with van der Waals surface area (Å²) in [6, 6.07) is 19.7. The fourth-order valence-electron chi connectivity index (χ4n) is 3.65. The molecule has 1 aliphatic rings. The van der Waals surface area contributed by atoms with Crippen molar-refractivity contribution >= 4 is 17.5 Å². The molecule has 0 bridgehead atoms. The second kappa shape index (κ2) is 8.01. The van der Waals surface area contributed by atoms with E-state index in [2.05, 4.69) is 10.3 Å². The van der Waals surface area contributed by atoms with Crippen LogP contribution in [0.3, 0.4) is 0 Å². The number of amides is 1. The minimum Gasteiger partial charge on any atom is -0.375 e. The van der Waals surface area contributed by atoms with Crippen molar-refractivity contribution in [3.05, 3.63) is 83.7 Å². The number of nitrogens with zero attached hydrogens (tertiary/aromatic N) is 3. The summed E-state index contributed by atoms with van der Waals surface area (Å²) in [7, 11) is 1.82. The second-order valence-corrected chi connectivity index (χ2v) is 7.53. The van der Waals surface area contributed by atoms with Gasteiger partial charge in [-0.05, 0) is 24.6 Å². The molecule has 1 atom stereocenters. The van der Waals surface area contributed by atoms with Crippen molar-refractivity contribution in [2.45, 2.75) is 25.5 Å². The average Bonchev–Trinajstić information content (AvgIpc) is 2.75. The minimum atomic E-state index is -0.868. The van der Waals surface area contributed by atoms with E-state index in [1.807, 2.05) is 74.6 Å². The monoisotopic (exact) mass is 388 g/mol. The molecule has 1 aromatic heterocycles. The predicted octanol–water partition coefficient (Wildman–Crippen LogP) is 3.67. The highest BCUT2D eigenvalue weighted by molar-refractivity contribution is 5.88. The molecule has 1 unspecified atom stereocenters. The van der Waals surface area contributed by atoms with Crippen LogP contribution in [0.5, 0.6) is 0 Å². The maximum absolute atomic E-state index is 13.4. The van der Waals surface area contributed by atoms with E-state index in [4.69, 9.17) is 9.72 Å². The van der Waals surface area contributed by atoms with Gasteiger partial charge in [0.05, 0.1) is 18.9 Å². The molecule has 0 saturated carbocycles. The highest BCUT2D eigenvalue weighted by Crippen LogP contribution is 2.33. The zero-order valence-electron chi connectivity index (χ0n) is 16.6. The Hall–Kier alpha value is -3.25. The summed E-state index contributed by atoms with van der Waals surface area (Å²) >= 11 is 0. The lowest BCUT2D eigenvalue weighted by Crippen LogP contribution is -2.49. The van der Waals surface area contributed by atoms with E-state index < -0.39 is 5.41 Å². The standard InChI is InChI=1S/C23H24N4O2/c1-23(21(28)27(2)14-17-9-5-3-6-10-17)16-29-15-18-13-24-22(26-20(18)23)25-19-11-7-4-8-12-19/h3-13H,14-16H2,1-2H3,(H,24,25,26). The molecule has 1 aliphatic heterocycles. The van der Waals surface area contributed by atoms with Gasteiger partial charge in [-0.2, -0.15) is 0 Å². The minimum absolute atomic E-state index is 0.0216. The molecule has 2 heterocycles.